The van der Waals surface area contributed by atoms with Crippen LogP contribution in [0.15, 0.2) is 0 Å². The van der Waals surface area contributed by atoms with Crippen LogP contribution in [0.3, 0.4) is 0 Å². The van der Waals surface area contributed by atoms with Gasteiger partial charge in [0.2, 0.25) is 5.91 Å². The number of carbonyl (C=O) groups excluding carboxylic acids is 2. The summed E-state index contributed by atoms with van der Waals surface area (Å²) in [6.45, 7) is 5.86. The smallest absolute Gasteiger partial charge is 0.225 e. The number of ketones is 1. The minimum absolute atomic E-state index is 0.138. The number of hydrogen-bond acceptors (Lipinski definition) is 2. The number of Topliss-reactive ketones (excluding diaryl/α,β-unsaturated/α-hetero) is 1. The molecule has 0 radical (unpaired) electrons. The highest BCUT2D eigenvalue weighted by Crippen LogP contribution is 2.32. The fourth-order valence-corrected chi connectivity index (χ4v) is 3.47. The van der Waals surface area contributed by atoms with E-state index in [0.29, 0.717) is 11.7 Å². The summed E-state index contributed by atoms with van der Waals surface area (Å²) in [6, 6.07) is 0. The van der Waals surface area contributed by atoms with Gasteiger partial charge in [-0.3, -0.25) is 9.59 Å². The van der Waals surface area contributed by atoms with E-state index in [1.54, 1.807) is 0 Å². The first-order valence-electron chi connectivity index (χ1n) is 7.92. The second-order valence-electron chi connectivity index (χ2n) is 6.49. The molecule has 1 amide bonds. The van der Waals surface area contributed by atoms with E-state index in [4.69, 9.17) is 0 Å². The van der Waals surface area contributed by atoms with Crippen LogP contribution in [-0.4, -0.2) is 29.7 Å². The Bertz CT molecular complexity index is 324. The molecule has 0 aromatic carbocycles. The van der Waals surface area contributed by atoms with Gasteiger partial charge in [-0.1, -0.05) is 13.8 Å². The predicted molar refractivity (Wildman–Crippen MR) is 75.7 cm³/mol. The Hall–Kier alpha value is -0.860. The molecule has 3 heteroatoms. The summed E-state index contributed by atoms with van der Waals surface area (Å²) in [5.74, 6) is 1.29. The molecule has 0 spiro atoms. The molecule has 1 heterocycles. The Balaban J connectivity index is 1.82. The summed E-state index contributed by atoms with van der Waals surface area (Å²) in [4.78, 5) is 26.4. The molecule has 2 fully saturated rings. The Labute approximate surface area is 116 Å². The molecule has 1 aliphatic heterocycles. The number of rotatable bonds is 3. The van der Waals surface area contributed by atoms with Crippen molar-refractivity contribution in [3.8, 4) is 0 Å². The van der Waals surface area contributed by atoms with Gasteiger partial charge in [0.05, 0.1) is 0 Å². The van der Waals surface area contributed by atoms with Gasteiger partial charge in [-0.25, -0.2) is 0 Å². The quantitative estimate of drug-likeness (QED) is 0.786. The van der Waals surface area contributed by atoms with Crippen molar-refractivity contribution in [2.75, 3.05) is 13.1 Å². The normalized spacial score (nSPS) is 28.5. The Morgan fingerprint density at radius 2 is 1.42 bits per heavy atom. The van der Waals surface area contributed by atoms with Crippen molar-refractivity contribution in [2.24, 2.45) is 17.8 Å². The van der Waals surface area contributed by atoms with E-state index >= 15 is 0 Å². The minimum Gasteiger partial charge on any atom is -0.342 e. The number of piperidine rings is 1. The molecule has 0 bridgehead atoms. The van der Waals surface area contributed by atoms with Gasteiger partial charge in [0.15, 0.2) is 0 Å². The maximum atomic E-state index is 12.4. The monoisotopic (exact) mass is 265 g/mol. The van der Waals surface area contributed by atoms with E-state index in [1.807, 2.05) is 13.8 Å². The number of hydrogen-bond donors (Lipinski definition) is 0. The van der Waals surface area contributed by atoms with Gasteiger partial charge in [0.1, 0.15) is 5.78 Å². The largest absolute Gasteiger partial charge is 0.342 e. The van der Waals surface area contributed by atoms with Crippen molar-refractivity contribution in [3.63, 3.8) is 0 Å². The number of likely N-dealkylation sites (tertiary alicyclic amines) is 1. The second kappa shape index (κ2) is 6.53. The molecule has 0 unspecified atom stereocenters. The van der Waals surface area contributed by atoms with Crippen LogP contribution in [0.2, 0.25) is 0 Å². The maximum absolute atomic E-state index is 12.4. The molecule has 19 heavy (non-hydrogen) atoms. The number of nitrogens with zero attached hydrogens (tertiary/aromatic N) is 1. The zero-order valence-corrected chi connectivity index (χ0v) is 12.4. The van der Waals surface area contributed by atoms with Crippen molar-refractivity contribution in [2.45, 2.75) is 58.8 Å². The summed E-state index contributed by atoms with van der Waals surface area (Å²) in [6.07, 6.45) is 7.25. The fraction of sp³-hybridized carbons (Fsp3) is 0.875. The third kappa shape index (κ3) is 3.58. The maximum Gasteiger partial charge on any atom is 0.225 e. The highest BCUT2D eigenvalue weighted by atomic mass is 16.2. The average Bonchev–Trinajstić information content (AvgIpc) is 2.46. The molecule has 1 saturated heterocycles. The zero-order chi connectivity index (χ0) is 13.8. The van der Waals surface area contributed by atoms with Crippen molar-refractivity contribution in [1.82, 2.24) is 4.90 Å². The first-order valence-corrected chi connectivity index (χ1v) is 7.92. The molecule has 0 aromatic rings. The van der Waals surface area contributed by atoms with Crippen molar-refractivity contribution in [3.05, 3.63) is 0 Å². The van der Waals surface area contributed by atoms with Crippen LogP contribution < -0.4 is 0 Å². The van der Waals surface area contributed by atoms with Crippen molar-refractivity contribution >= 4 is 11.7 Å². The molecule has 2 aliphatic rings. The number of carbonyl (C=O) groups is 2. The van der Waals surface area contributed by atoms with Crippen LogP contribution in [0.1, 0.15) is 58.8 Å². The highest BCUT2D eigenvalue weighted by molar-refractivity contribution is 5.83. The molecule has 0 aromatic heterocycles. The van der Waals surface area contributed by atoms with Gasteiger partial charge in [-0.05, 0) is 44.9 Å². The van der Waals surface area contributed by atoms with Gasteiger partial charge in [0.25, 0.3) is 0 Å². The lowest BCUT2D eigenvalue weighted by molar-refractivity contribution is -0.139. The second-order valence-corrected chi connectivity index (χ2v) is 6.49. The van der Waals surface area contributed by atoms with Crippen LogP contribution >= 0.6 is 0 Å². The van der Waals surface area contributed by atoms with Crippen LogP contribution in [0.4, 0.5) is 0 Å². The van der Waals surface area contributed by atoms with Crippen LogP contribution in [0.25, 0.3) is 0 Å². The highest BCUT2D eigenvalue weighted by Gasteiger charge is 2.32. The van der Waals surface area contributed by atoms with Crippen molar-refractivity contribution < 1.29 is 9.59 Å². The summed E-state index contributed by atoms with van der Waals surface area (Å²) >= 11 is 0. The standard InChI is InChI=1S/C16H27NO2/c1-12(2)15(18)13-6-8-14(9-7-13)16(19)17-10-4-3-5-11-17/h12-14H,3-11H2,1-2H3/t13-,14-. The first-order chi connectivity index (χ1) is 9.09. The van der Waals surface area contributed by atoms with Gasteiger partial charge in [0, 0.05) is 30.8 Å². The van der Waals surface area contributed by atoms with E-state index in [0.717, 1.165) is 51.6 Å². The predicted octanol–water partition coefficient (Wildman–Crippen LogP) is 3.03. The van der Waals surface area contributed by atoms with Crippen molar-refractivity contribution in [1.29, 1.82) is 0 Å². The lowest BCUT2D eigenvalue weighted by Crippen LogP contribution is -2.41. The van der Waals surface area contributed by atoms with E-state index < -0.39 is 0 Å². The van der Waals surface area contributed by atoms with E-state index in [9.17, 15) is 9.59 Å². The average molecular weight is 265 g/mol. The lowest BCUT2D eigenvalue weighted by Gasteiger charge is -2.34. The summed E-state index contributed by atoms with van der Waals surface area (Å²) in [7, 11) is 0. The first kappa shape index (κ1) is 14.5. The minimum atomic E-state index is 0.138. The Kier molecular flexibility index (Phi) is 5.00. The molecule has 2 rings (SSSR count). The number of amides is 1. The molecule has 3 nitrogen and oxygen atoms in total. The topological polar surface area (TPSA) is 37.4 Å². The molecule has 108 valence electrons. The SMILES string of the molecule is CC(C)C(=O)[C@H]1CC[C@H](C(=O)N2CCCCC2)CC1. The summed E-state index contributed by atoms with van der Waals surface area (Å²) < 4.78 is 0. The van der Waals surface area contributed by atoms with E-state index in [2.05, 4.69) is 4.90 Å². The molecule has 0 N–H and O–H groups in total. The molecular formula is C16H27NO2. The van der Waals surface area contributed by atoms with Gasteiger partial charge in [-0.15, -0.1) is 0 Å². The summed E-state index contributed by atoms with van der Waals surface area (Å²) in [5, 5.41) is 0. The van der Waals surface area contributed by atoms with Gasteiger partial charge < -0.3 is 4.90 Å². The molecular weight excluding hydrogens is 238 g/mol. The summed E-state index contributed by atoms with van der Waals surface area (Å²) in [5.41, 5.74) is 0. The van der Waals surface area contributed by atoms with Gasteiger partial charge >= 0.3 is 0 Å². The molecule has 0 atom stereocenters. The van der Waals surface area contributed by atoms with Crippen LogP contribution in [0.5, 0.6) is 0 Å². The lowest BCUT2D eigenvalue weighted by atomic mass is 9.77. The molecule has 1 aliphatic carbocycles. The Morgan fingerprint density at radius 3 is 1.95 bits per heavy atom. The third-order valence-corrected chi connectivity index (χ3v) is 4.72. The van der Waals surface area contributed by atoms with Gasteiger partial charge in [-0.2, -0.15) is 0 Å². The third-order valence-electron chi connectivity index (χ3n) is 4.72. The van der Waals surface area contributed by atoms with E-state index in [-0.39, 0.29) is 17.8 Å². The Morgan fingerprint density at radius 1 is 0.895 bits per heavy atom. The zero-order valence-electron chi connectivity index (χ0n) is 12.4. The van der Waals surface area contributed by atoms with Crippen LogP contribution in [0, 0.1) is 17.8 Å². The van der Waals surface area contributed by atoms with E-state index in [1.165, 1.54) is 6.42 Å². The van der Waals surface area contributed by atoms with Crippen LogP contribution in [-0.2, 0) is 9.59 Å². The fourth-order valence-electron chi connectivity index (χ4n) is 3.47. The molecule has 1 saturated carbocycles.